The van der Waals surface area contributed by atoms with Crippen LogP contribution >= 0.6 is 0 Å². The molecule has 0 radical (unpaired) electrons. The fraction of sp³-hybridized carbons (Fsp3) is 0. The van der Waals surface area contributed by atoms with E-state index >= 15 is 0 Å². The van der Waals surface area contributed by atoms with Crippen LogP contribution in [0.15, 0.2) is 52.8 Å². The molecule has 0 spiro atoms. The topological polar surface area (TPSA) is 117 Å². The predicted octanol–water partition coefficient (Wildman–Crippen LogP) is 3.29. The zero-order chi connectivity index (χ0) is 17.3. The maximum Gasteiger partial charge on any atom is 0.358 e. The summed E-state index contributed by atoms with van der Waals surface area (Å²) in [7, 11) is 0. The van der Waals surface area contributed by atoms with E-state index in [4.69, 9.17) is 5.11 Å². The van der Waals surface area contributed by atoms with Gasteiger partial charge in [0.15, 0.2) is 11.5 Å². The van der Waals surface area contributed by atoms with Gasteiger partial charge in [-0.2, -0.15) is 0 Å². The van der Waals surface area contributed by atoms with Crippen LogP contribution in [0.25, 0.3) is 5.65 Å². The van der Waals surface area contributed by atoms with Gasteiger partial charge in [0.25, 0.3) is 0 Å². The fourth-order valence-corrected chi connectivity index (χ4v) is 2.05. The van der Waals surface area contributed by atoms with Gasteiger partial charge in [-0.25, -0.2) is 19.0 Å². The molecule has 2 heterocycles. The third kappa shape index (κ3) is 2.82. The number of pyridine rings is 1. The Morgan fingerprint density at radius 1 is 1.08 bits per heavy atom. The van der Waals surface area contributed by atoms with Crippen molar-refractivity contribution < 1.29 is 24.2 Å². The van der Waals surface area contributed by atoms with Crippen LogP contribution in [0, 0.1) is 5.82 Å². The van der Waals surface area contributed by atoms with Gasteiger partial charge in [0.2, 0.25) is 0 Å². The van der Waals surface area contributed by atoms with E-state index in [1.165, 1.54) is 30.3 Å². The SMILES string of the molecule is O=C(O)c1cccc(N=Nc2c(C(=O)O)nc3ccc(F)cn23)c1. The van der Waals surface area contributed by atoms with Crippen molar-refractivity contribution in [2.75, 3.05) is 0 Å². The molecule has 8 nitrogen and oxygen atoms in total. The lowest BCUT2D eigenvalue weighted by molar-refractivity contribution is 0.0683. The molecule has 0 saturated carbocycles. The number of halogens is 1. The first-order valence-electron chi connectivity index (χ1n) is 6.62. The molecule has 9 heteroatoms. The van der Waals surface area contributed by atoms with Gasteiger partial charge in [0, 0.05) is 6.20 Å². The van der Waals surface area contributed by atoms with E-state index in [2.05, 4.69) is 15.2 Å². The highest BCUT2D eigenvalue weighted by Gasteiger charge is 2.18. The molecule has 24 heavy (non-hydrogen) atoms. The number of fused-ring (bicyclic) bond motifs is 1. The molecule has 0 bridgehead atoms. The Hall–Kier alpha value is -3.62. The molecule has 3 rings (SSSR count). The van der Waals surface area contributed by atoms with E-state index < -0.39 is 23.4 Å². The van der Waals surface area contributed by atoms with Crippen molar-refractivity contribution in [3.63, 3.8) is 0 Å². The summed E-state index contributed by atoms with van der Waals surface area (Å²) >= 11 is 0. The maximum absolute atomic E-state index is 13.4. The maximum atomic E-state index is 13.4. The standard InChI is InChI=1S/C15H9FN4O4/c16-9-4-5-11-17-12(15(23)24)13(20(11)7-9)19-18-10-3-1-2-8(6-10)14(21)22/h1-7H,(H,21,22)(H,23,24). The molecule has 0 aliphatic heterocycles. The van der Waals surface area contributed by atoms with Crippen LogP contribution in [-0.4, -0.2) is 31.5 Å². The van der Waals surface area contributed by atoms with Gasteiger partial charge in [-0.15, -0.1) is 10.2 Å². The first kappa shape index (κ1) is 15.3. The zero-order valence-corrected chi connectivity index (χ0v) is 11.9. The lowest BCUT2D eigenvalue weighted by atomic mass is 10.2. The molecule has 0 fully saturated rings. The summed E-state index contributed by atoms with van der Waals surface area (Å²) in [6.45, 7) is 0. The van der Waals surface area contributed by atoms with Crippen molar-refractivity contribution in [3.05, 3.63) is 59.7 Å². The van der Waals surface area contributed by atoms with Crippen molar-refractivity contribution in [2.24, 2.45) is 10.2 Å². The average molecular weight is 328 g/mol. The van der Waals surface area contributed by atoms with Gasteiger partial charge in [-0.1, -0.05) is 6.07 Å². The number of carboxylic acids is 2. The van der Waals surface area contributed by atoms with Crippen molar-refractivity contribution >= 4 is 29.1 Å². The quantitative estimate of drug-likeness (QED) is 0.713. The summed E-state index contributed by atoms with van der Waals surface area (Å²) in [6, 6.07) is 8.09. The molecule has 1 aromatic carbocycles. The number of hydrogen-bond donors (Lipinski definition) is 2. The molecule has 3 aromatic rings. The van der Waals surface area contributed by atoms with Gasteiger partial charge in [0.1, 0.15) is 11.5 Å². The molecule has 2 aromatic heterocycles. The predicted molar refractivity (Wildman–Crippen MR) is 79.7 cm³/mol. The summed E-state index contributed by atoms with van der Waals surface area (Å²) in [5, 5.41) is 25.8. The van der Waals surface area contributed by atoms with E-state index in [0.717, 1.165) is 16.7 Å². The van der Waals surface area contributed by atoms with Gasteiger partial charge >= 0.3 is 11.9 Å². The van der Waals surface area contributed by atoms with Crippen molar-refractivity contribution in [1.29, 1.82) is 0 Å². The number of azo groups is 1. The summed E-state index contributed by atoms with van der Waals surface area (Å²) in [6.07, 6.45) is 1.04. The van der Waals surface area contributed by atoms with E-state index in [1.54, 1.807) is 0 Å². The largest absolute Gasteiger partial charge is 0.478 e. The van der Waals surface area contributed by atoms with Crippen LogP contribution in [-0.2, 0) is 0 Å². The Labute approximate surface area is 133 Å². The molecule has 0 aliphatic carbocycles. The smallest absolute Gasteiger partial charge is 0.358 e. The normalized spacial score (nSPS) is 11.2. The molecule has 0 atom stereocenters. The van der Waals surface area contributed by atoms with E-state index in [9.17, 15) is 19.1 Å². The molecular formula is C15H9FN4O4. The minimum absolute atomic E-state index is 0.00842. The second kappa shape index (κ2) is 5.88. The minimum atomic E-state index is -1.34. The number of benzene rings is 1. The zero-order valence-electron chi connectivity index (χ0n) is 11.9. The van der Waals surface area contributed by atoms with Crippen molar-refractivity contribution in [3.8, 4) is 0 Å². The molecule has 0 saturated heterocycles. The second-order valence-electron chi connectivity index (χ2n) is 4.72. The number of carboxylic acid groups (broad SMARTS) is 2. The third-order valence-electron chi connectivity index (χ3n) is 3.11. The summed E-state index contributed by atoms with van der Waals surface area (Å²) in [5.41, 5.74) is 0.0208. The van der Waals surface area contributed by atoms with E-state index in [0.29, 0.717) is 0 Å². The fourth-order valence-electron chi connectivity index (χ4n) is 2.05. The number of rotatable bonds is 4. The second-order valence-corrected chi connectivity index (χ2v) is 4.72. The molecule has 2 N–H and O–H groups in total. The van der Waals surface area contributed by atoms with Gasteiger partial charge in [0.05, 0.1) is 11.3 Å². The van der Waals surface area contributed by atoms with E-state index in [-0.39, 0.29) is 22.7 Å². The first-order valence-corrected chi connectivity index (χ1v) is 6.62. The Bertz CT molecular complexity index is 996. The van der Waals surface area contributed by atoms with Crippen LogP contribution in [0.1, 0.15) is 20.8 Å². The molecule has 0 aliphatic rings. The van der Waals surface area contributed by atoms with Crippen LogP contribution in [0.2, 0.25) is 0 Å². The monoisotopic (exact) mass is 328 g/mol. The Morgan fingerprint density at radius 2 is 1.88 bits per heavy atom. The number of imidazole rings is 1. The number of carbonyl (C=O) groups is 2. The highest BCUT2D eigenvalue weighted by atomic mass is 19.1. The van der Waals surface area contributed by atoms with Gasteiger partial charge in [-0.05, 0) is 30.3 Å². The van der Waals surface area contributed by atoms with E-state index in [1.807, 2.05) is 0 Å². The van der Waals surface area contributed by atoms with Crippen LogP contribution in [0.4, 0.5) is 15.9 Å². The lowest BCUT2D eigenvalue weighted by Gasteiger charge is -1.98. The lowest BCUT2D eigenvalue weighted by Crippen LogP contribution is -1.96. The Balaban J connectivity index is 2.10. The van der Waals surface area contributed by atoms with Gasteiger partial charge < -0.3 is 10.2 Å². The van der Waals surface area contributed by atoms with Crippen LogP contribution in [0.5, 0.6) is 0 Å². The molecule has 0 unspecified atom stereocenters. The Morgan fingerprint density at radius 3 is 2.58 bits per heavy atom. The third-order valence-corrected chi connectivity index (χ3v) is 3.11. The molecule has 0 amide bonds. The Kier molecular flexibility index (Phi) is 3.74. The highest BCUT2D eigenvalue weighted by Crippen LogP contribution is 2.25. The number of aromatic nitrogens is 2. The minimum Gasteiger partial charge on any atom is -0.478 e. The number of nitrogens with zero attached hydrogens (tertiary/aromatic N) is 4. The average Bonchev–Trinajstić information content (AvgIpc) is 2.91. The van der Waals surface area contributed by atoms with Gasteiger partial charge in [-0.3, -0.25) is 4.40 Å². The molecule has 120 valence electrons. The summed E-state index contributed by atoms with van der Waals surface area (Å²) in [5.74, 6) is -3.23. The van der Waals surface area contributed by atoms with Crippen LogP contribution < -0.4 is 0 Å². The van der Waals surface area contributed by atoms with Crippen molar-refractivity contribution in [1.82, 2.24) is 9.38 Å². The summed E-state index contributed by atoms with van der Waals surface area (Å²) in [4.78, 5) is 26.1. The number of aromatic carboxylic acids is 2. The summed E-state index contributed by atoms with van der Waals surface area (Å²) < 4.78 is 14.6. The number of hydrogen-bond acceptors (Lipinski definition) is 5. The van der Waals surface area contributed by atoms with Crippen molar-refractivity contribution in [2.45, 2.75) is 0 Å². The first-order chi connectivity index (χ1) is 11.5. The molecular weight excluding hydrogens is 319 g/mol. The van der Waals surface area contributed by atoms with Crippen LogP contribution in [0.3, 0.4) is 0 Å². The highest BCUT2D eigenvalue weighted by molar-refractivity contribution is 5.91.